The number of rotatable bonds is 4. The van der Waals surface area contributed by atoms with Gasteiger partial charge in [0.15, 0.2) is 0 Å². The zero-order valence-corrected chi connectivity index (χ0v) is 14.2. The van der Waals surface area contributed by atoms with Crippen molar-refractivity contribution in [3.05, 3.63) is 65.9 Å². The zero-order valence-electron chi connectivity index (χ0n) is 14.2. The Hall–Kier alpha value is -2.66. The maximum absolute atomic E-state index is 5.94. The van der Waals surface area contributed by atoms with E-state index in [-0.39, 0.29) is 0 Å². The van der Waals surface area contributed by atoms with Gasteiger partial charge in [0.05, 0.1) is 12.3 Å². The Morgan fingerprint density at radius 1 is 1.38 bits per heavy atom. The van der Waals surface area contributed by atoms with Gasteiger partial charge in [0, 0.05) is 54.7 Å². The van der Waals surface area contributed by atoms with Crippen LogP contribution < -0.4 is 5.73 Å². The van der Waals surface area contributed by atoms with Gasteiger partial charge >= 0.3 is 0 Å². The van der Waals surface area contributed by atoms with E-state index in [0.29, 0.717) is 0 Å². The largest absolute Gasteiger partial charge is 0.404 e. The van der Waals surface area contributed by atoms with E-state index < -0.39 is 0 Å². The first-order valence-corrected chi connectivity index (χ1v) is 8.04. The molecule has 0 unspecified atom stereocenters. The molecule has 0 bridgehead atoms. The SMILES string of the molecule is C=C(c1ccncc1)c1[nH]cc(/C(=C/N)C2=NCCN(C)C2)c1C. The molecule has 0 atom stereocenters. The molecule has 124 valence electrons. The molecule has 3 heterocycles. The highest BCUT2D eigenvalue weighted by Crippen LogP contribution is 2.29. The van der Waals surface area contributed by atoms with Crippen molar-refractivity contribution in [3.63, 3.8) is 0 Å². The maximum Gasteiger partial charge on any atom is 0.0582 e. The highest BCUT2D eigenvalue weighted by molar-refractivity contribution is 6.25. The topological polar surface area (TPSA) is 70.3 Å². The lowest BCUT2D eigenvalue weighted by Gasteiger charge is -2.23. The van der Waals surface area contributed by atoms with Crippen LogP contribution in [-0.2, 0) is 0 Å². The molecule has 0 aliphatic carbocycles. The van der Waals surface area contributed by atoms with Gasteiger partial charge in [-0.3, -0.25) is 14.9 Å². The number of likely N-dealkylation sites (N-methyl/N-ethyl adjacent to an activating group) is 1. The zero-order chi connectivity index (χ0) is 17.1. The summed E-state index contributed by atoms with van der Waals surface area (Å²) in [6.07, 6.45) is 7.20. The van der Waals surface area contributed by atoms with Crippen molar-refractivity contribution in [1.29, 1.82) is 0 Å². The smallest absolute Gasteiger partial charge is 0.0582 e. The van der Waals surface area contributed by atoms with Crippen LogP contribution in [0.3, 0.4) is 0 Å². The van der Waals surface area contributed by atoms with Crippen molar-refractivity contribution < 1.29 is 0 Å². The van der Waals surface area contributed by atoms with Crippen molar-refractivity contribution in [2.75, 3.05) is 26.7 Å². The summed E-state index contributed by atoms with van der Waals surface area (Å²) in [7, 11) is 2.10. The first-order valence-electron chi connectivity index (χ1n) is 8.04. The number of pyridine rings is 1. The normalized spacial score (nSPS) is 16.1. The fourth-order valence-electron chi connectivity index (χ4n) is 3.04. The Kier molecular flexibility index (Phi) is 4.62. The highest BCUT2D eigenvalue weighted by Gasteiger charge is 2.20. The minimum Gasteiger partial charge on any atom is -0.404 e. The lowest BCUT2D eigenvalue weighted by Crippen LogP contribution is -2.33. The summed E-state index contributed by atoms with van der Waals surface area (Å²) in [6, 6.07) is 3.92. The fourth-order valence-corrected chi connectivity index (χ4v) is 3.04. The van der Waals surface area contributed by atoms with Gasteiger partial charge in [-0.25, -0.2) is 0 Å². The number of nitrogens with two attached hydrogens (primary N) is 1. The molecular formula is C19H23N5. The molecule has 5 nitrogen and oxygen atoms in total. The van der Waals surface area contributed by atoms with E-state index in [1.54, 1.807) is 18.6 Å². The molecule has 3 rings (SSSR count). The van der Waals surface area contributed by atoms with Crippen LogP contribution in [-0.4, -0.2) is 47.3 Å². The predicted octanol–water partition coefficient (Wildman–Crippen LogP) is 2.47. The summed E-state index contributed by atoms with van der Waals surface area (Å²) in [5.74, 6) is 0. The number of hydrogen-bond donors (Lipinski definition) is 2. The number of nitrogens with one attached hydrogen (secondary N) is 1. The third-order valence-electron chi connectivity index (χ3n) is 4.44. The van der Waals surface area contributed by atoms with Crippen molar-refractivity contribution in [3.8, 4) is 0 Å². The molecule has 1 aliphatic rings. The van der Waals surface area contributed by atoms with Gasteiger partial charge in [-0.05, 0) is 42.8 Å². The van der Waals surface area contributed by atoms with E-state index in [1.807, 2.05) is 18.3 Å². The standard InChI is InChI=1S/C19H23N5/c1-13(15-4-6-21-7-5-15)19-14(2)17(11-23-19)16(10-20)18-12-24(3)9-8-22-18/h4-7,10-11,23H,1,8-9,12,20H2,2-3H3/b16-10-. The van der Waals surface area contributed by atoms with Crippen LogP contribution in [0.1, 0.15) is 22.4 Å². The van der Waals surface area contributed by atoms with Gasteiger partial charge in [0.2, 0.25) is 0 Å². The van der Waals surface area contributed by atoms with Gasteiger partial charge in [-0.2, -0.15) is 0 Å². The van der Waals surface area contributed by atoms with Gasteiger partial charge < -0.3 is 10.7 Å². The van der Waals surface area contributed by atoms with Gasteiger partial charge in [-0.15, -0.1) is 0 Å². The molecular weight excluding hydrogens is 298 g/mol. The molecule has 0 spiro atoms. The number of aromatic amines is 1. The number of hydrogen-bond acceptors (Lipinski definition) is 4. The Balaban J connectivity index is 1.95. The summed E-state index contributed by atoms with van der Waals surface area (Å²) in [6.45, 7) is 8.92. The first-order chi connectivity index (χ1) is 11.6. The molecule has 0 radical (unpaired) electrons. The Morgan fingerprint density at radius 2 is 2.12 bits per heavy atom. The van der Waals surface area contributed by atoms with E-state index in [9.17, 15) is 0 Å². The second-order valence-corrected chi connectivity index (χ2v) is 6.06. The Bertz CT molecular complexity index is 798. The van der Waals surface area contributed by atoms with E-state index >= 15 is 0 Å². The summed E-state index contributed by atoms with van der Waals surface area (Å²) < 4.78 is 0. The van der Waals surface area contributed by atoms with Crippen molar-refractivity contribution in [2.45, 2.75) is 6.92 Å². The van der Waals surface area contributed by atoms with Crippen molar-refractivity contribution >= 4 is 16.9 Å². The molecule has 0 fully saturated rings. The van der Waals surface area contributed by atoms with E-state index in [4.69, 9.17) is 5.73 Å². The van der Waals surface area contributed by atoms with Crippen LogP contribution in [0.5, 0.6) is 0 Å². The molecule has 0 amide bonds. The number of aliphatic imine (C=N–C) groups is 1. The summed E-state index contributed by atoms with van der Waals surface area (Å²) >= 11 is 0. The monoisotopic (exact) mass is 321 g/mol. The molecule has 3 N–H and O–H groups in total. The summed E-state index contributed by atoms with van der Waals surface area (Å²) in [4.78, 5) is 14.3. The van der Waals surface area contributed by atoms with E-state index in [1.165, 1.54) is 0 Å². The maximum atomic E-state index is 5.94. The molecule has 2 aromatic rings. The van der Waals surface area contributed by atoms with Gasteiger partial charge in [0.1, 0.15) is 0 Å². The quantitative estimate of drug-likeness (QED) is 0.909. The van der Waals surface area contributed by atoms with Crippen LogP contribution in [0, 0.1) is 6.92 Å². The molecule has 0 saturated heterocycles. The minimum absolute atomic E-state index is 0.809. The predicted molar refractivity (Wildman–Crippen MR) is 99.9 cm³/mol. The molecule has 24 heavy (non-hydrogen) atoms. The first kappa shape index (κ1) is 16.2. The molecule has 0 aromatic carbocycles. The molecule has 0 saturated carbocycles. The minimum atomic E-state index is 0.809. The van der Waals surface area contributed by atoms with E-state index in [0.717, 1.165) is 58.9 Å². The Morgan fingerprint density at radius 3 is 2.79 bits per heavy atom. The second kappa shape index (κ2) is 6.84. The number of aromatic nitrogens is 2. The lowest BCUT2D eigenvalue weighted by atomic mass is 9.96. The number of nitrogens with zero attached hydrogens (tertiary/aromatic N) is 3. The Labute approximate surface area is 142 Å². The van der Waals surface area contributed by atoms with Crippen LogP contribution in [0.25, 0.3) is 11.1 Å². The van der Waals surface area contributed by atoms with Crippen LogP contribution in [0.4, 0.5) is 0 Å². The average Bonchev–Trinajstić information content (AvgIpc) is 2.97. The van der Waals surface area contributed by atoms with Crippen molar-refractivity contribution in [1.82, 2.24) is 14.9 Å². The van der Waals surface area contributed by atoms with Crippen molar-refractivity contribution in [2.24, 2.45) is 10.7 Å². The average molecular weight is 321 g/mol. The third kappa shape index (κ3) is 3.03. The third-order valence-corrected chi connectivity index (χ3v) is 4.44. The van der Waals surface area contributed by atoms with Crippen LogP contribution >= 0.6 is 0 Å². The fraction of sp³-hybridized carbons (Fsp3) is 0.263. The van der Waals surface area contributed by atoms with Gasteiger partial charge in [0.25, 0.3) is 0 Å². The molecule has 1 aliphatic heterocycles. The van der Waals surface area contributed by atoms with E-state index in [2.05, 4.69) is 40.4 Å². The van der Waals surface area contributed by atoms with Crippen LogP contribution in [0.2, 0.25) is 0 Å². The lowest BCUT2D eigenvalue weighted by molar-refractivity contribution is 0.380. The van der Waals surface area contributed by atoms with Gasteiger partial charge in [-0.1, -0.05) is 6.58 Å². The van der Waals surface area contributed by atoms with Crippen LogP contribution in [0.15, 0.2) is 48.5 Å². The summed E-state index contributed by atoms with van der Waals surface area (Å²) in [5, 5.41) is 0. The summed E-state index contributed by atoms with van der Waals surface area (Å²) in [5.41, 5.74) is 13.2. The molecule has 2 aromatic heterocycles. The number of H-pyrrole nitrogens is 1. The highest BCUT2D eigenvalue weighted by atomic mass is 15.1. The molecule has 5 heteroatoms. The second-order valence-electron chi connectivity index (χ2n) is 6.06.